The van der Waals surface area contributed by atoms with Crippen molar-refractivity contribution in [2.75, 3.05) is 0 Å². The predicted molar refractivity (Wildman–Crippen MR) is 69.4 cm³/mol. The highest BCUT2D eigenvalue weighted by molar-refractivity contribution is 5.27. The number of aliphatic hydroxyl groups is 1. The molecule has 0 unspecified atom stereocenters. The molecule has 0 spiro atoms. The van der Waals surface area contributed by atoms with Gasteiger partial charge in [-0.3, -0.25) is 0 Å². The van der Waals surface area contributed by atoms with Gasteiger partial charge in [0.2, 0.25) is 0 Å². The lowest BCUT2D eigenvalue weighted by atomic mass is 9.84. The van der Waals surface area contributed by atoms with E-state index in [2.05, 4.69) is 38.1 Å². The molecule has 16 heavy (non-hydrogen) atoms. The first-order valence-corrected chi connectivity index (χ1v) is 6.15. The van der Waals surface area contributed by atoms with E-state index in [-0.39, 0.29) is 5.92 Å². The minimum absolute atomic E-state index is 0.225. The molecule has 0 radical (unpaired) electrons. The van der Waals surface area contributed by atoms with Crippen molar-refractivity contribution in [2.45, 2.75) is 46.6 Å². The molecular formula is C15H24O. The summed E-state index contributed by atoms with van der Waals surface area (Å²) in [5.41, 5.74) is 1.63. The minimum atomic E-state index is -0.726. The van der Waals surface area contributed by atoms with Crippen molar-refractivity contribution < 1.29 is 5.11 Å². The summed E-state index contributed by atoms with van der Waals surface area (Å²) in [5, 5.41) is 10.3. The van der Waals surface area contributed by atoms with Crippen LogP contribution in [0.15, 0.2) is 24.3 Å². The van der Waals surface area contributed by atoms with Crippen molar-refractivity contribution in [1.29, 1.82) is 0 Å². The number of rotatable bonds is 4. The molecule has 0 fully saturated rings. The molecule has 0 aromatic heterocycles. The molecule has 0 aliphatic carbocycles. The average molecular weight is 220 g/mol. The predicted octanol–water partition coefficient (Wildman–Crippen LogP) is 3.75. The molecule has 0 bridgehead atoms. The summed E-state index contributed by atoms with van der Waals surface area (Å²) in [6.07, 6.45) is 1.10. The summed E-state index contributed by atoms with van der Waals surface area (Å²) in [7, 11) is 0. The minimum Gasteiger partial charge on any atom is -0.385 e. The van der Waals surface area contributed by atoms with Crippen LogP contribution in [0.3, 0.4) is 0 Å². The fourth-order valence-corrected chi connectivity index (χ4v) is 1.78. The molecular weight excluding hydrogens is 196 g/mol. The Morgan fingerprint density at radius 2 is 1.56 bits per heavy atom. The molecule has 1 nitrogen and oxygen atoms in total. The third kappa shape index (κ3) is 3.08. The van der Waals surface area contributed by atoms with Gasteiger partial charge in [-0.1, -0.05) is 52.0 Å². The Morgan fingerprint density at radius 1 is 1.06 bits per heavy atom. The highest BCUT2D eigenvalue weighted by atomic mass is 16.3. The molecule has 1 aromatic carbocycles. The normalized spacial score (nSPS) is 15.5. The lowest BCUT2D eigenvalue weighted by Crippen LogP contribution is -2.27. The summed E-state index contributed by atoms with van der Waals surface area (Å²) in [6, 6.07) is 8.37. The fraction of sp³-hybridized carbons (Fsp3) is 0.600. The van der Waals surface area contributed by atoms with Gasteiger partial charge in [0.1, 0.15) is 0 Å². The number of benzene rings is 1. The summed E-state index contributed by atoms with van der Waals surface area (Å²) in [6.45, 7) is 10.4. The van der Waals surface area contributed by atoms with E-state index in [1.807, 2.05) is 20.8 Å². The Labute approximate surface area is 99.5 Å². The van der Waals surface area contributed by atoms with E-state index in [9.17, 15) is 5.11 Å². The quantitative estimate of drug-likeness (QED) is 0.819. The summed E-state index contributed by atoms with van der Waals surface area (Å²) in [5.74, 6) is 0.903. The van der Waals surface area contributed by atoms with E-state index in [4.69, 9.17) is 0 Å². The van der Waals surface area contributed by atoms with Crippen molar-refractivity contribution in [2.24, 2.45) is 11.8 Å². The van der Waals surface area contributed by atoms with Crippen LogP contribution in [-0.4, -0.2) is 5.11 Å². The van der Waals surface area contributed by atoms with Crippen LogP contribution in [0.5, 0.6) is 0 Å². The molecule has 0 saturated heterocycles. The molecule has 0 saturated carbocycles. The molecule has 0 aliphatic rings. The molecule has 0 aliphatic heterocycles. The van der Waals surface area contributed by atoms with Gasteiger partial charge in [-0.15, -0.1) is 0 Å². The Bertz CT molecular complexity index is 320. The van der Waals surface area contributed by atoms with Crippen LogP contribution in [0.1, 0.15) is 45.7 Å². The van der Waals surface area contributed by atoms with Gasteiger partial charge in [-0.25, -0.2) is 0 Å². The van der Waals surface area contributed by atoms with Gasteiger partial charge in [0, 0.05) is 0 Å². The zero-order valence-electron chi connectivity index (χ0n) is 11.1. The van der Waals surface area contributed by atoms with Crippen molar-refractivity contribution >= 4 is 0 Å². The van der Waals surface area contributed by atoms with Gasteiger partial charge >= 0.3 is 0 Å². The second kappa shape index (κ2) is 5.01. The third-order valence-electron chi connectivity index (χ3n) is 3.31. The fourth-order valence-electron chi connectivity index (χ4n) is 1.78. The Kier molecular flexibility index (Phi) is 4.15. The maximum atomic E-state index is 10.3. The second-order valence-corrected chi connectivity index (χ2v) is 5.60. The average Bonchev–Trinajstić information content (AvgIpc) is 2.17. The molecule has 90 valence electrons. The smallest absolute Gasteiger partial charge is 0.0891 e. The molecule has 1 N–H and O–H groups in total. The standard InChI is InChI=1S/C15H24O/c1-11(2)10-13-6-8-14(9-7-13)15(5,16)12(3)4/h6-9,11-12,16H,10H2,1-5H3/t15-/m0/s1. The van der Waals surface area contributed by atoms with E-state index in [0.29, 0.717) is 5.92 Å². The monoisotopic (exact) mass is 220 g/mol. The molecule has 1 aromatic rings. The van der Waals surface area contributed by atoms with Gasteiger partial charge < -0.3 is 5.11 Å². The molecule has 0 amide bonds. The lowest BCUT2D eigenvalue weighted by molar-refractivity contribution is 0.00904. The van der Waals surface area contributed by atoms with Crippen molar-refractivity contribution in [3.63, 3.8) is 0 Å². The zero-order chi connectivity index (χ0) is 12.3. The van der Waals surface area contributed by atoms with Crippen LogP contribution in [0.25, 0.3) is 0 Å². The van der Waals surface area contributed by atoms with Crippen molar-refractivity contribution in [3.8, 4) is 0 Å². The van der Waals surface area contributed by atoms with Gasteiger partial charge in [-0.05, 0) is 36.3 Å². The van der Waals surface area contributed by atoms with Crippen molar-refractivity contribution in [3.05, 3.63) is 35.4 Å². The van der Waals surface area contributed by atoms with Gasteiger partial charge in [-0.2, -0.15) is 0 Å². The number of hydrogen-bond acceptors (Lipinski definition) is 1. The van der Waals surface area contributed by atoms with Crippen LogP contribution in [0.2, 0.25) is 0 Å². The highest BCUT2D eigenvalue weighted by Crippen LogP contribution is 2.29. The molecule has 0 heterocycles. The first-order valence-electron chi connectivity index (χ1n) is 6.15. The molecule has 1 rings (SSSR count). The second-order valence-electron chi connectivity index (χ2n) is 5.60. The van der Waals surface area contributed by atoms with Gasteiger partial charge in [0.25, 0.3) is 0 Å². The Morgan fingerprint density at radius 3 is 1.94 bits per heavy atom. The first-order chi connectivity index (χ1) is 7.34. The zero-order valence-corrected chi connectivity index (χ0v) is 11.1. The first kappa shape index (κ1) is 13.2. The van der Waals surface area contributed by atoms with Crippen molar-refractivity contribution in [1.82, 2.24) is 0 Å². The SMILES string of the molecule is CC(C)Cc1ccc([C@@](C)(O)C(C)C)cc1. The van der Waals surface area contributed by atoms with Gasteiger partial charge in [0.15, 0.2) is 0 Å². The molecule has 1 atom stereocenters. The van der Waals surface area contributed by atoms with Crippen LogP contribution in [0, 0.1) is 11.8 Å². The van der Waals surface area contributed by atoms with Crippen LogP contribution in [0.4, 0.5) is 0 Å². The van der Waals surface area contributed by atoms with E-state index in [1.54, 1.807) is 0 Å². The summed E-state index contributed by atoms with van der Waals surface area (Å²) in [4.78, 5) is 0. The Hall–Kier alpha value is -0.820. The Balaban J connectivity index is 2.86. The number of hydrogen-bond donors (Lipinski definition) is 1. The summed E-state index contributed by atoms with van der Waals surface area (Å²) < 4.78 is 0. The maximum Gasteiger partial charge on any atom is 0.0891 e. The van der Waals surface area contributed by atoms with E-state index in [1.165, 1.54) is 5.56 Å². The van der Waals surface area contributed by atoms with Gasteiger partial charge in [0.05, 0.1) is 5.60 Å². The maximum absolute atomic E-state index is 10.3. The van der Waals surface area contributed by atoms with E-state index >= 15 is 0 Å². The van der Waals surface area contributed by atoms with E-state index in [0.717, 1.165) is 12.0 Å². The van der Waals surface area contributed by atoms with E-state index < -0.39 is 5.60 Å². The molecule has 1 heteroatoms. The highest BCUT2D eigenvalue weighted by Gasteiger charge is 2.26. The van der Waals surface area contributed by atoms with Crippen LogP contribution >= 0.6 is 0 Å². The summed E-state index contributed by atoms with van der Waals surface area (Å²) >= 11 is 0. The largest absolute Gasteiger partial charge is 0.385 e. The van der Waals surface area contributed by atoms with Crippen LogP contribution < -0.4 is 0 Å². The lowest BCUT2D eigenvalue weighted by Gasteiger charge is -2.28. The third-order valence-corrected chi connectivity index (χ3v) is 3.31. The van der Waals surface area contributed by atoms with Crippen LogP contribution in [-0.2, 0) is 12.0 Å². The topological polar surface area (TPSA) is 20.2 Å².